The molecule has 0 saturated carbocycles. The van der Waals surface area contributed by atoms with Crippen molar-refractivity contribution < 1.29 is 12.8 Å². The smallest absolute Gasteiger partial charge is 0.264 e. The zero-order chi connectivity index (χ0) is 20.6. The fourth-order valence-corrected chi connectivity index (χ4v) is 4.65. The highest BCUT2D eigenvalue weighted by Gasteiger charge is 2.22. The van der Waals surface area contributed by atoms with E-state index in [4.69, 9.17) is 0 Å². The van der Waals surface area contributed by atoms with Crippen LogP contribution in [0.1, 0.15) is 17.0 Å². The zero-order valence-corrected chi connectivity index (χ0v) is 16.7. The van der Waals surface area contributed by atoms with E-state index in [1.165, 1.54) is 18.2 Å². The molecule has 0 bridgehead atoms. The third-order valence-corrected chi connectivity index (χ3v) is 6.11. The van der Waals surface area contributed by atoms with Crippen LogP contribution in [-0.4, -0.2) is 23.2 Å². The van der Waals surface area contributed by atoms with Gasteiger partial charge in [-0.25, -0.2) is 12.8 Å². The maximum atomic E-state index is 13.5. The Labute approximate surface area is 168 Å². The number of aromatic nitrogens is 3. The van der Waals surface area contributed by atoms with Crippen LogP contribution in [0.15, 0.2) is 65.7 Å². The molecule has 29 heavy (non-hydrogen) atoms. The number of fused-ring (bicyclic) bond motifs is 1. The van der Waals surface area contributed by atoms with Gasteiger partial charge >= 0.3 is 0 Å². The Hall–Kier alpha value is -3.26. The summed E-state index contributed by atoms with van der Waals surface area (Å²) in [4.78, 5) is 4.33. The highest BCUT2D eigenvalue weighted by atomic mass is 32.2. The Morgan fingerprint density at radius 1 is 1.07 bits per heavy atom. The molecule has 0 aliphatic carbocycles. The van der Waals surface area contributed by atoms with Crippen molar-refractivity contribution >= 4 is 26.6 Å². The number of anilines is 1. The number of benzene rings is 2. The van der Waals surface area contributed by atoms with Gasteiger partial charge in [0.05, 0.1) is 29.1 Å². The number of para-hydroxylation sites is 1. The molecule has 0 spiro atoms. The first-order chi connectivity index (χ1) is 13.8. The third-order valence-electron chi connectivity index (χ3n) is 4.72. The van der Waals surface area contributed by atoms with E-state index in [-0.39, 0.29) is 10.7 Å². The van der Waals surface area contributed by atoms with E-state index >= 15 is 0 Å². The molecule has 0 aliphatic rings. The number of nitrogens with zero attached hydrogens (tertiary/aromatic N) is 3. The first-order valence-corrected chi connectivity index (χ1v) is 10.5. The minimum atomic E-state index is -3.88. The molecule has 4 rings (SSSR count). The summed E-state index contributed by atoms with van der Waals surface area (Å²) >= 11 is 0. The van der Waals surface area contributed by atoms with Crippen molar-refractivity contribution in [2.24, 2.45) is 0 Å². The summed E-state index contributed by atoms with van der Waals surface area (Å²) in [5.41, 5.74) is 2.74. The third kappa shape index (κ3) is 3.71. The minimum absolute atomic E-state index is 0.104. The van der Waals surface area contributed by atoms with Gasteiger partial charge in [0.15, 0.2) is 0 Å². The summed E-state index contributed by atoms with van der Waals surface area (Å²) in [5.74, 6) is -0.326. The van der Waals surface area contributed by atoms with Gasteiger partial charge in [-0.1, -0.05) is 30.3 Å². The number of pyridine rings is 1. The van der Waals surface area contributed by atoms with Gasteiger partial charge in [-0.15, -0.1) is 0 Å². The van der Waals surface area contributed by atoms with Crippen molar-refractivity contribution in [1.82, 2.24) is 14.8 Å². The van der Waals surface area contributed by atoms with E-state index in [1.54, 1.807) is 49.0 Å². The SMILES string of the molecule is Cc1nn(Cc2cccc(F)c2)c(C)c1NS(=O)(=O)c1cccc2cccnc12. The molecule has 0 amide bonds. The summed E-state index contributed by atoms with van der Waals surface area (Å²) < 4.78 is 44.0. The Bertz CT molecular complexity index is 1310. The van der Waals surface area contributed by atoms with Gasteiger partial charge in [-0.2, -0.15) is 5.10 Å². The van der Waals surface area contributed by atoms with Crippen molar-refractivity contribution in [2.75, 3.05) is 4.72 Å². The number of sulfonamides is 1. The second-order valence-electron chi connectivity index (χ2n) is 6.77. The number of hydrogen-bond acceptors (Lipinski definition) is 4. The molecule has 6 nitrogen and oxygen atoms in total. The average Bonchev–Trinajstić information content (AvgIpc) is 2.94. The summed E-state index contributed by atoms with van der Waals surface area (Å²) in [6.45, 7) is 3.84. The molecule has 2 aromatic carbocycles. The van der Waals surface area contributed by atoms with Crippen LogP contribution in [0.5, 0.6) is 0 Å². The summed E-state index contributed by atoms with van der Waals surface area (Å²) in [5, 5.41) is 5.17. The van der Waals surface area contributed by atoms with E-state index in [2.05, 4.69) is 14.8 Å². The fraction of sp³-hybridized carbons (Fsp3) is 0.143. The van der Waals surface area contributed by atoms with Crippen molar-refractivity contribution in [1.29, 1.82) is 0 Å². The van der Waals surface area contributed by atoms with Gasteiger partial charge < -0.3 is 0 Å². The molecule has 4 aromatic rings. The highest BCUT2D eigenvalue weighted by Crippen LogP contribution is 2.27. The predicted molar refractivity (Wildman–Crippen MR) is 110 cm³/mol. The van der Waals surface area contributed by atoms with Crippen molar-refractivity contribution in [3.8, 4) is 0 Å². The van der Waals surface area contributed by atoms with Gasteiger partial charge in [-0.05, 0) is 43.7 Å². The van der Waals surface area contributed by atoms with Gasteiger partial charge in [0, 0.05) is 11.6 Å². The van der Waals surface area contributed by atoms with Crippen molar-refractivity contribution in [3.05, 3.63) is 83.6 Å². The maximum Gasteiger partial charge on any atom is 0.264 e. The molecule has 148 valence electrons. The van der Waals surface area contributed by atoms with Crippen molar-refractivity contribution in [3.63, 3.8) is 0 Å². The topological polar surface area (TPSA) is 76.9 Å². The van der Waals surface area contributed by atoms with Crippen LogP contribution in [0.25, 0.3) is 10.9 Å². The molecule has 2 heterocycles. The summed E-state index contributed by atoms with van der Waals surface area (Å²) in [6, 6.07) is 14.8. The molecule has 0 fully saturated rings. The first-order valence-electron chi connectivity index (χ1n) is 9.00. The largest absolute Gasteiger partial charge is 0.276 e. The van der Waals surface area contributed by atoms with Gasteiger partial charge in [0.2, 0.25) is 0 Å². The van der Waals surface area contributed by atoms with E-state index < -0.39 is 10.0 Å². The molecule has 0 unspecified atom stereocenters. The lowest BCUT2D eigenvalue weighted by Gasteiger charge is -2.11. The zero-order valence-electron chi connectivity index (χ0n) is 15.9. The van der Waals surface area contributed by atoms with Gasteiger partial charge in [-0.3, -0.25) is 14.4 Å². The van der Waals surface area contributed by atoms with Crippen LogP contribution < -0.4 is 4.72 Å². The molecule has 0 aliphatic heterocycles. The quantitative estimate of drug-likeness (QED) is 0.539. The molecule has 8 heteroatoms. The summed E-state index contributed by atoms with van der Waals surface area (Å²) in [7, 11) is -3.88. The average molecular weight is 410 g/mol. The van der Waals surface area contributed by atoms with Crippen LogP contribution in [-0.2, 0) is 16.6 Å². The molecule has 0 saturated heterocycles. The van der Waals surface area contributed by atoms with E-state index in [9.17, 15) is 12.8 Å². The van der Waals surface area contributed by atoms with Crippen LogP contribution in [0, 0.1) is 19.7 Å². The molecular weight excluding hydrogens is 391 g/mol. The normalized spacial score (nSPS) is 11.7. The molecule has 0 radical (unpaired) electrons. The highest BCUT2D eigenvalue weighted by molar-refractivity contribution is 7.93. The van der Waals surface area contributed by atoms with Crippen LogP contribution in [0.4, 0.5) is 10.1 Å². The number of nitrogens with one attached hydrogen (secondary N) is 1. The Balaban J connectivity index is 1.70. The summed E-state index contributed by atoms with van der Waals surface area (Å²) in [6.07, 6.45) is 1.56. The lowest BCUT2D eigenvalue weighted by atomic mass is 10.2. The molecule has 1 N–H and O–H groups in total. The Morgan fingerprint density at radius 3 is 2.62 bits per heavy atom. The second-order valence-corrected chi connectivity index (χ2v) is 8.42. The van der Waals surface area contributed by atoms with E-state index in [0.717, 1.165) is 10.9 Å². The van der Waals surface area contributed by atoms with E-state index in [0.29, 0.717) is 29.1 Å². The van der Waals surface area contributed by atoms with E-state index in [1.807, 2.05) is 12.1 Å². The number of rotatable bonds is 5. The molecule has 2 aromatic heterocycles. The molecule has 0 atom stereocenters. The Morgan fingerprint density at radius 2 is 1.83 bits per heavy atom. The fourth-order valence-electron chi connectivity index (χ4n) is 3.29. The minimum Gasteiger partial charge on any atom is -0.276 e. The monoisotopic (exact) mass is 410 g/mol. The standard InChI is InChI=1S/C21H19FN4O2S/c1-14-20(15(2)26(24-14)13-16-6-3-9-18(22)12-16)25-29(27,28)19-10-4-7-17-8-5-11-23-21(17)19/h3-12,25H,13H2,1-2H3. The first kappa shape index (κ1) is 19.1. The predicted octanol–water partition coefficient (Wildman–Crippen LogP) is 4.04. The van der Waals surface area contributed by atoms with Crippen LogP contribution in [0.3, 0.4) is 0 Å². The number of halogens is 1. The lowest BCUT2D eigenvalue weighted by Crippen LogP contribution is -2.15. The van der Waals surface area contributed by atoms with Crippen molar-refractivity contribution in [2.45, 2.75) is 25.3 Å². The van der Waals surface area contributed by atoms with Gasteiger partial charge in [0.1, 0.15) is 10.7 Å². The van der Waals surface area contributed by atoms with Crippen LogP contribution >= 0.6 is 0 Å². The number of hydrogen-bond donors (Lipinski definition) is 1. The van der Waals surface area contributed by atoms with Gasteiger partial charge in [0.25, 0.3) is 10.0 Å². The second kappa shape index (κ2) is 7.29. The number of aryl methyl sites for hydroxylation is 1. The van der Waals surface area contributed by atoms with Crippen LogP contribution in [0.2, 0.25) is 0 Å². The Kier molecular flexibility index (Phi) is 4.79. The molecular formula is C21H19FN4O2S. The maximum absolute atomic E-state index is 13.5. The lowest BCUT2D eigenvalue weighted by molar-refractivity contribution is 0.601.